The third kappa shape index (κ3) is 4.13. The zero-order chi connectivity index (χ0) is 21.8. The highest BCUT2D eigenvalue weighted by Gasteiger charge is 2.46. The van der Waals surface area contributed by atoms with Crippen molar-refractivity contribution in [2.75, 3.05) is 27.4 Å². The van der Waals surface area contributed by atoms with E-state index in [1.165, 1.54) is 24.1 Å². The molecule has 1 aliphatic rings. The molecule has 0 bridgehead atoms. The molecule has 0 aromatic heterocycles. The summed E-state index contributed by atoms with van der Waals surface area (Å²) in [5.41, 5.74) is 0.720. The molecular formula is C22H22ClNO6. The van der Waals surface area contributed by atoms with Gasteiger partial charge in [-0.1, -0.05) is 29.8 Å². The Morgan fingerprint density at radius 2 is 1.93 bits per heavy atom. The van der Waals surface area contributed by atoms with Crippen molar-refractivity contribution in [3.05, 3.63) is 64.2 Å². The molecule has 0 aliphatic carbocycles. The molecule has 1 heterocycles. The fourth-order valence-corrected chi connectivity index (χ4v) is 3.70. The Kier molecular flexibility index (Phi) is 6.64. The van der Waals surface area contributed by atoms with E-state index in [-0.39, 0.29) is 29.4 Å². The highest BCUT2D eigenvalue weighted by atomic mass is 35.5. The van der Waals surface area contributed by atoms with Crippen molar-refractivity contribution in [1.82, 2.24) is 4.90 Å². The van der Waals surface area contributed by atoms with Crippen LogP contribution in [0.2, 0.25) is 5.02 Å². The van der Waals surface area contributed by atoms with E-state index in [1.807, 2.05) is 0 Å². The van der Waals surface area contributed by atoms with Gasteiger partial charge in [-0.05, 0) is 36.2 Å². The number of phenolic OH excluding ortho intramolecular Hbond substituents is 1. The maximum atomic E-state index is 12.9. The number of carbonyl (C=O) groups excluding carboxylic acids is 2. The first-order valence-corrected chi connectivity index (χ1v) is 9.67. The minimum atomic E-state index is -0.877. The number of aliphatic hydroxyl groups excluding tert-OH is 1. The molecular weight excluding hydrogens is 410 g/mol. The molecule has 1 atom stereocenters. The molecule has 158 valence electrons. The van der Waals surface area contributed by atoms with Crippen molar-refractivity contribution < 1.29 is 29.3 Å². The van der Waals surface area contributed by atoms with Gasteiger partial charge in [0.1, 0.15) is 5.76 Å². The van der Waals surface area contributed by atoms with Gasteiger partial charge in [-0.15, -0.1) is 0 Å². The number of methoxy groups -OCH3 is 2. The molecule has 8 heteroatoms. The van der Waals surface area contributed by atoms with Crippen molar-refractivity contribution in [3.63, 3.8) is 0 Å². The number of phenols is 1. The summed E-state index contributed by atoms with van der Waals surface area (Å²) in [5, 5.41) is 21.5. The lowest BCUT2D eigenvalue weighted by molar-refractivity contribution is -0.140. The molecule has 30 heavy (non-hydrogen) atoms. The predicted octanol–water partition coefficient (Wildman–Crippen LogP) is 3.51. The summed E-state index contributed by atoms with van der Waals surface area (Å²) >= 11 is 6.02. The summed E-state index contributed by atoms with van der Waals surface area (Å²) in [5.74, 6) is -1.74. The number of hydrogen-bond acceptors (Lipinski definition) is 6. The van der Waals surface area contributed by atoms with E-state index >= 15 is 0 Å². The minimum absolute atomic E-state index is 0.0655. The lowest BCUT2D eigenvalue weighted by atomic mass is 9.95. The second kappa shape index (κ2) is 9.19. The van der Waals surface area contributed by atoms with Crippen LogP contribution in [-0.4, -0.2) is 54.2 Å². The van der Waals surface area contributed by atoms with Gasteiger partial charge in [0.2, 0.25) is 0 Å². The maximum absolute atomic E-state index is 12.9. The van der Waals surface area contributed by atoms with Crippen molar-refractivity contribution in [2.45, 2.75) is 12.5 Å². The monoisotopic (exact) mass is 431 g/mol. The number of halogens is 1. The van der Waals surface area contributed by atoms with Crippen LogP contribution in [-0.2, 0) is 14.3 Å². The predicted molar refractivity (Wildman–Crippen MR) is 112 cm³/mol. The van der Waals surface area contributed by atoms with Gasteiger partial charge in [0.15, 0.2) is 11.5 Å². The Bertz CT molecular complexity index is 1000. The Morgan fingerprint density at radius 1 is 1.17 bits per heavy atom. The fourth-order valence-electron chi connectivity index (χ4n) is 3.50. The van der Waals surface area contributed by atoms with Crippen molar-refractivity contribution in [2.24, 2.45) is 0 Å². The normalized spacial score (nSPS) is 18.1. The Balaban J connectivity index is 2.15. The number of nitrogens with zero attached hydrogens (tertiary/aromatic N) is 1. The molecule has 1 aliphatic heterocycles. The Morgan fingerprint density at radius 3 is 2.57 bits per heavy atom. The van der Waals surface area contributed by atoms with E-state index in [0.717, 1.165) is 0 Å². The van der Waals surface area contributed by atoms with Crippen LogP contribution in [0.3, 0.4) is 0 Å². The minimum Gasteiger partial charge on any atom is -0.507 e. The molecule has 1 saturated heterocycles. The molecule has 1 fully saturated rings. The Hall–Kier alpha value is -3.03. The van der Waals surface area contributed by atoms with Crippen molar-refractivity contribution in [1.29, 1.82) is 0 Å². The molecule has 2 aromatic carbocycles. The Labute approximate surface area is 179 Å². The third-order valence-electron chi connectivity index (χ3n) is 4.90. The molecule has 3 rings (SSSR count). The molecule has 2 aromatic rings. The second-order valence-electron chi connectivity index (χ2n) is 6.78. The first-order valence-electron chi connectivity index (χ1n) is 9.29. The first-order chi connectivity index (χ1) is 14.4. The van der Waals surface area contributed by atoms with Gasteiger partial charge >= 0.3 is 0 Å². The number of ether oxygens (including phenoxy) is 2. The van der Waals surface area contributed by atoms with Gasteiger partial charge in [0, 0.05) is 30.8 Å². The van der Waals surface area contributed by atoms with Gasteiger partial charge in [0.05, 0.1) is 18.7 Å². The van der Waals surface area contributed by atoms with E-state index in [1.54, 1.807) is 37.4 Å². The average molecular weight is 432 g/mol. The first kappa shape index (κ1) is 21.7. The zero-order valence-electron chi connectivity index (χ0n) is 16.6. The van der Waals surface area contributed by atoms with Gasteiger partial charge in [0.25, 0.3) is 11.7 Å². The van der Waals surface area contributed by atoms with Crippen molar-refractivity contribution >= 4 is 29.1 Å². The summed E-state index contributed by atoms with van der Waals surface area (Å²) < 4.78 is 10.1. The molecule has 2 N–H and O–H groups in total. The van der Waals surface area contributed by atoms with Crippen LogP contribution in [0.1, 0.15) is 23.6 Å². The van der Waals surface area contributed by atoms with Crippen LogP contribution in [0, 0.1) is 0 Å². The van der Waals surface area contributed by atoms with E-state index < -0.39 is 17.7 Å². The van der Waals surface area contributed by atoms with Crippen LogP contribution < -0.4 is 4.74 Å². The number of hydrogen-bond donors (Lipinski definition) is 2. The average Bonchev–Trinajstić information content (AvgIpc) is 2.98. The van der Waals surface area contributed by atoms with Crippen LogP contribution in [0.5, 0.6) is 11.5 Å². The number of aliphatic hydroxyl groups is 1. The van der Waals surface area contributed by atoms with E-state index in [0.29, 0.717) is 29.2 Å². The number of rotatable bonds is 7. The van der Waals surface area contributed by atoms with E-state index in [4.69, 9.17) is 21.1 Å². The van der Waals surface area contributed by atoms with Gasteiger partial charge in [-0.2, -0.15) is 0 Å². The molecule has 0 spiro atoms. The van der Waals surface area contributed by atoms with E-state index in [2.05, 4.69) is 0 Å². The van der Waals surface area contributed by atoms with E-state index in [9.17, 15) is 19.8 Å². The maximum Gasteiger partial charge on any atom is 0.295 e. The molecule has 7 nitrogen and oxygen atoms in total. The second-order valence-corrected chi connectivity index (χ2v) is 7.22. The highest BCUT2D eigenvalue weighted by molar-refractivity contribution is 6.46. The number of aromatic hydroxyl groups is 1. The standard InChI is InChI=1S/C22H22ClNO6/c1-29-10-4-9-24-19(13-7-8-17(30-2)16(25)12-13)18(21(27)22(24)28)20(26)14-5-3-6-15(23)11-14/h3,5-8,11-12,19,25-26H,4,9-10H2,1-2H3/b20-18-. The van der Waals surface area contributed by atoms with Gasteiger partial charge < -0.3 is 24.6 Å². The number of benzene rings is 2. The quantitative estimate of drug-likeness (QED) is 0.301. The van der Waals surface area contributed by atoms with Crippen LogP contribution >= 0.6 is 11.6 Å². The zero-order valence-corrected chi connectivity index (χ0v) is 17.3. The molecule has 1 unspecified atom stereocenters. The number of likely N-dealkylation sites (tertiary alicyclic amines) is 1. The van der Waals surface area contributed by atoms with Crippen LogP contribution in [0.4, 0.5) is 0 Å². The van der Waals surface area contributed by atoms with Crippen LogP contribution in [0.25, 0.3) is 5.76 Å². The van der Waals surface area contributed by atoms with Crippen molar-refractivity contribution in [3.8, 4) is 11.5 Å². The van der Waals surface area contributed by atoms with Gasteiger partial charge in [-0.3, -0.25) is 9.59 Å². The summed E-state index contributed by atoms with van der Waals surface area (Å²) in [7, 11) is 2.97. The lowest BCUT2D eigenvalue weighted by Gasteiger charge is -2.25. The SMILES string of the molecule is COCCCN1C(=O)C(=O)/C(=C(\O)c2cccc(Cl)c2)C1c1ccc(OC)c(O)c1. The molecule has 0 radical (unpaired) electrons. The summed E-state index contributed by atoms with van der Waals surface area (Å²) in [4.78, 5) is 27.0. The van der Waals surface area contributed by atoms with Gasteiger partial charge in [-0.25, -0.2) is 0 Å². The number of carbonyl (C=O) groups is 2. The summed E-state index contributed by atoms with van der Waals surface area (Å²) in [6, 6.07) is 10.1. The summed E-state index contributed by atoms with van der Waals surface area (Å²) in [6.45, 7) is 0.639. The topological polar surface area (TPSA) is 96.3 Å². The molecule has 0 saturated carbocycles. The highest BCUT2D eigenvalue weighted by Crippen LogP contribution is 2.41. The fraction of sp³-hybridized carbons (Fsp3) is 0.273. The van der Waals surface area contributed by atoms with Crippen LogP contribution in [0.15, 0.2) is 48.0 Å². The number of Topliss-reactive ketones (excluding diaryl/α,β-unsaturated/α-hetero) is 1. The smallest absolute Gasteiger partial charge is 0.295 e. The molecule has 1 amide bonds. The third-order valence-corrected chi connectivity index (χ3v) is 5.14. The summed E-state index contributed by atoms with van der Waals surface area (Å²) in [6.07, 6.45) is 0.499. The lowest BCUT2D eigenvalue weighted by Crippen LogP contribution is -2.31. The number of amides is 1. The number of ketones is 1. The largest absolute Gasteiger partial charge is 0.507 e.